The van der Waals surface area contributed by atoms with Crippen LogP contribution in [0.25, 0.3) is 0 Å². The van der Waals surface area contributed by atoms with Gasteiger partial charge in [-0.05, 0) is 48.9 Å². The van der Waals surface area contributed by atoms with Crippen LogP contribution < -0.4 is 10.2 Å². The molecule has 9 heteroatoms. The molecule has 1 amide bonds. The van der Waals surface area contributed by atoms with Crippen molar-refractivity contribution in [2.75, 3.05) is 37.9 Å². The third-order valence-electron chi connectivity index (χ3n) is 4.11. The summed E-state index contributed by atoms with van der Waals surface area (Å²) in [5.41, 5.74) is 1.41. The molecule has 0 saturated heterocycles. The van der Waals surface area contributed by atoms with Gasteiger partial charge in [0, 0.05) is 39.1 Å². The fraction of sp³-hybridized carbons (Fsp3) is 0.316. The van der Waals surface area contributed by atoms with Crippen LogP contribution in [0, 0.1) is 5.82 Å². The topological polar surface area (TPSA) is 69.7 Å². The van der Waals surface area contributed by atoms with Crippen LogP contribution in [0.4, 0.5) is 15.8 Å². The first-order valence-electron chi connectivity index (χ1n) is 8.60. The Morgan fingerprint density at radius 1 is 1.11 bits per heavy atom. The zero-order valence-electron chi connectivity index (χ0n) is 15.9. The van der Waals surface area contributed by atoms with Gasteiger partial charge < -0.3 is 10.2 Å². The summed E-state index contributed by atoms with van der Waals surface area (Å²) in [5, 5.41) is 3.31. The Morgan fingerprint density at radius 2 is 1.75 bits per heavy atom. The Labute approximate surface area is 170 Å². The summed E-state index contributed by atoms with van der Waals surface area (Å²) in [6.45, 7) is 0.156. The lowest BCUT2D eigenvalue weighted by molar-refractivity contribution is -0.116. The predicted octanol–water partition coefficient (Wildman–Crippen LogP) is 3.58. The largest absolute Gasteiger partial charge is 0.376 e. The molecule has 2 aromatic carbocycles. The minimum atomic E-state index is -3.73. The van der Waals surface area contributed by atoms with E-state index in [1.54, 1.807) is 18.2 Å². The van der Waals surface area contributed by atoms with Crippen molar-refractivity contribution in [3.05, 3.63) is 53.3 Å². The fourth-order valence-corrected chi connectivity index (χ4v) is 3.96. The van der Waals surface area contributed by atoms with Gasteiger partial charge in [0.25, 0.3) is 0 Å². The van der Waals surface area contributed by atoms with Crippen molar-refractivity contribution in [1.29, 1.82) is 0 Å². The lowest BCUT2D eigenvalue weighted by Gasteiger charge is -2.19. The SMILES string of the molecule is CN(C)c1ccc(Cl)cc1NC(=O)CCCN(C)S(=O)(=O)c1ccc(F)cc1. The monoisotopic (exact) mass is 427 g/mol. The highest BCUT2D eigenvalue weighted by Crippen LogP contribution is 2.28. The van der Waals surface area contributed by atoms with Crippen molar-refractivity contribution in [3.8, 4) is 0 Å². The summed E-state index contributed by atoms with van der Waals surface area (Å²) < 4.78 is 39.0. The summed E-state index contributed by atoms with van der Waals surface area (Å²) in [4.78, 5) is 14.1. The molecule has 0 unspecified atom stereocenters. The standard InChI is InChI=1S/C19H23ClFN3O3S/c1-23(2)18-11-6-14(20)13-17(18)22-19(25)5-4-12-24(3)28(26,27)16-9-7-15(21)8-10-16/h6-11,13H,4-5,12H2,1-3H3,(H,22,25). The van der Waals surface area contributed by atoms with Crippen LogP contribution in [-0.4, -0.2) is 46.3 Å². The smallest absolute Gasteiger partial charge is 0.242 e. The molecule has 0 saturated carbocycles. The number of nitrogens with one attached hydrogen (secondary N) is 1. The average Bonchev–Trinajstić information content (AvgIpc) is 2.61. The highest BCUT2D eigenvalue weighted by molar-refractivity contribution is 7.89. The molecule has 0 aliphatic rings. The van der Waals surface area contributed by atoms with Gasteiger partial charge in [-0.15, -0.1) is 0 Å². The molecular formula is C19H23ClFN3O3S. The van der Waals surface area contributed by atoms with Crippen LogP contribution in [0.15, 0.2) is 47.4 Å². The number of hydrogen-bond donors (Lipinski definition) is 1. The van der Waals surface area contributed by atoms with Crippen molar-refractivity contribution < 1.29 is 17.6 Å². The predicted molar refractivity (Wildman–Crippen MR) is 110 cm³/mol. The number of sulfonamides is 1. The highest BCUT2D eigenvalue weighted by atomic mass is 35.5. The lowest BCUT2D eigenvalue weighted by Crippen LogP contribution is -2.28. The molecule has 0 aliphatic heterocycles. The maximum Gasteiger partial charge on any atom is 0.242 e. The molecule has 0 heterocycles. The second kappa shape index (κ2) is 9.36. The van der Waals surface area contributed by atoms with E-state index in [-0.39, 0.29) is 23.8 Å². The second-order valence-corrected chi connectivity index (χ2v) is 8.97. The van der Waals surface area contributed by atoms with Crippen LogP contribution in [-0.2, 0) is 14.8 Å². The third-order valence-corrected chi connectivity index (χ3v) is 6.22. The first-order valence-corrected chi connectivity index (χ1v) is 10.4. The van der Waals surface area contributed by atoms with Crippen LogP contribution in [0.5, 0.6) is 0 Å². The zero-order chi connectivity index (χ0) is 20.9. The van der Waals surface area contributed by atoms with E-state index in [4.69, 9.17) is 11.6 Å². The molecule has 6 nitrogen and oxygen atoms in total. The first-order chi connectivity index (χ1) is 13.1. The van der Waals surface area contributed by atoms with E-state index in [9.17, 15) is 17.6 Å². The van der Waals surface area contributed by atoms with E-state index in [2.05, 4.69) is 5.32 Å². The summed E-state index contributed by atoms with van der Waals surface area (Å²) in [7, 11) is 1.41. The van der Waals surface area contributed by atoms with E-state index in [1.165, 1.54) is 19.2 Å². The van der Waals surface area contributed by atoms with Crippen molar-refractivity contribution in [2.24, 2.45) is 0 Å². The van der Waals surface area contributed by atoms with Crippen LogP contribution in [0.2, 0.25) is 5.02 Å². The lowest BCUT2D eigenvalue weighted by atomic mass is 10.2. The van der Waals surface area contributed by atoms with Gasteiger partial charge in [-0.2, -0.15) is 0 Å². The van der Waals surface area contributed by atoms with Crippen molar-refractivity contribution >= 4 is 38.9 Å². The maximum absolute atomic E-state index is 13.0. The molecule has 152 valence electrons. The van der Waals surface area contributed by atoms with Crippen molar-refractivity contribution in [3.63, 3.8) is 0 Å². The molecule has 0 spiro atoms. The number of rotatable bonds is 8. The number of halogens is 2. The van der Waals surface area contributed by atoms with E-state index < -0.39 is 15.8 Å². The van der Waals surface area contributed by atoms with Gasteiger partial charge in [-0.25, -0.2) is 17.1 Å². The van der Waals surface area contributed by atoms with Gasteiger partial charge in [-0.1, -0.05) is 11.6 Å². The molecule has 2 rings (SSSR count). The number of carbonyl (C=O) groups is 1. The third kappa shape index (κ3) is 5.67. The summed E-state index contributed by atoms with van der Waals surface area (Å²) in [5.74, 6) is -0.741. The molecule has 0 atom stereocenters. The van der Waals surface area contributed by atoms with Gasteiger partial charge in [0.1, 0.15) is 5.82 Å². The Bertz CT molecular complexity index is 934. The molecule has 2 aromatic rings. The molecule has 1 N–H and O–H groups in total. The highest BCUT2D eigenvalue weighted by Gasteiger charge is 2.20. The number of benzene rings is 2. The molecule has 28 heavy (non-hydrogen) atoms. The summed E-state index contributed by atoms with van der Waals surface area (Å²) >= 11 is 6.00. The maximum atomic E-state index is 13.0. The van der Waals surface area contributed by atoms with Crippen molar-refractivity contribution in [2.45, 2.75) is 17.7 Å². The van der Waals surface area contributed by atoms with Gasteiger partial charge in [-0.3, -0.25) is 4.79 Å². The minimum Gasteiger partial charge on any atom is -0.376 e. The Balaban J connectivity index is 1.93. The quantitative estimate of drug-likeness (QED) is 0.699. The second-order valence-electron chi connectivity index (χ2n) is 6.49. The summed E-state index contributed by atoms with van der Waals surface area (Å²) in [6, 6.07) is 9.84. The Morgan fingerprint density at radius 3 is 2.36 bits per heavy atom. The fourth-order valence-electron chi connectivity index (χ4n) is 2.58. The first kappa shape index (κ1) is 22.1. The van der Waals surface area contributed by atoms with Crippen LogP contribution in [0.3, 0.4) is 0 Å². The zero-order valence-corrected chi connectivity index (χ0v) is 17.5. The summed E-state index contributed by atoms with van der Waals surface area (Å²) in [6.07, 6.45) is 0.475. The Hall–Kier alpha value is -2.16. The van der Waals surface area contributed by atoms with Crippen LogP contribution >= 0.6 is 11.6 Å². The average molecular weight is 428 g/mol. The van der Waals surface area contributed by atoms with E-state index >= 15 is 0 Å². The number of carbonyl (C=O) groups excluding carboxylic acids is 1. The molecule has 0 radical (unpaired) electrons. The number of amides is 1. The molecule has 0 aliphatic carbocycles. The van der Waals surface area contributed by atoms with Gasteiger partial charge in [0.15, 0.2) is 0 Å². The van der Waals surface area contributed by atoms with E-state index in [1.807, 2.05) is 19.0 Å². The van der Waals surface area contributed by atoms with Crippen LogP contribution in [0.1, 0.15) is 12.8 Å². The Kier molecular flexibility index (Phi) is 7.40. The number of nitrogens with zero attached hydrogens (tertiary/aromatic N) is 2. The van der Waals surface area contributed by atoms with Gasteiger partial charge in [0.05, 0.1) is 16.3 Å². The van der Waals surface area contributed by atoms with E-state index in [0.29, 0.717) is 17.1 Å². The molecule has 0 aromatic heterocycles. The molecule has 0 bridgehead atoms. The molecular weight excluding hydrogens is 405 g/mol. The van der Waals surface area contributed by atoms with Crippen molar-refractivity contribution in [1.82, 2.24) is 4.31 Å². The van der Waals surface area contributed by atoms with E-state index in [0.717, 1.165) is 22.1 Å². The number of hydrogen-bond acceptors (Lipinski definition) is 4. The minimum absolute atomic E-state index is 0.00963. The molecule has 0 fully saturated rings. The van der Waals surface area contributed by atoms with Gasteiger partial charge in [0.2, 0.25) is 15.9 Å². The normalized spacial score (nSPS) is 11.5. The number of anilines is 2. The van der Waals surface area contributed by atoms with Gasteiger partial charge >= 0.3 is 0 Å².